The summed E-state index contributed by atoms with van der Waals surface area (Å²) in [6.45, 7) is 0. The van der Waals surface area contributed by atoms with Gasteiger partial charge < -0.3 is 5.11 Å². The first-order valence-electron chi connectivity index (χ1n) is 4.75. The fourth-order valence-corrected chi connectivity index (χ4v) is 2.65. The van der Waals surface area contributed by atoms with Crippen LogP contribution < -0.4 is 0 Å². The Balaban J connectivity index is 2.51. The van der Waals surface area contributed by atoms with E-state index in [1.165, 1.54) is 0 Å². The lowest BCUT2D eigenvalue weighted by molar-refractivity contribution is -0.147. The minimum absolute atomic E-state index is 0.542. The number of aliphatic carboxylic acids is 1. The molecule has 0 bridgehead atoms. The molecular formula is C11H10BrClO2. The molecule has 2 rings (SSSR count). The van der Waals surface area contributed by atoms with Crippen LogP contribution in [0.3, 0.4) is 0 Å². The van der Waals surface area contributed by atoms with Crippen molar-refractivity contribution in [3.63, 3.8) is 0 Å². The van der Waals surface area contributed by atoms with Crippen molar-refractivity contribution in [2.45, 2.75) is 24.7 Å². The normalized spacial score (nSPS) is 18.3. The molecule has 4 heteroatoms. The molecule has 1 saturated carbocycles. The standard InChI is InChI=1S/C11H10BrClO2/c12-7-2-3-9(13)8(6-7)11(10(14)15)4-1-5-11/h2-3,6H,1,4-5H2,(H,14,15). The van der Waals surface area contributed by atoms with E-state index in [4.69, 9.17) is 11.6 Å². The number of rotatable bonds is 2. The van der Waals surface area contributed by atoms with Crippen LogP contribution in [-0.2, 0) is 10.2 Å². The fourth-order valence-electron chi connectivity index (χ4n) is 1.99. The lowest BCUT2D eigenvalue weighted by Crippen LogP contribution is -2.42. The highest BCUT2D eigenvalue weighted by Crippen LogP contribution is 2.47. The van der Waals surface area contributed by atoms with Crippen LogP contribution in [-0.4, -0.2) is 11.1 Å². The van der Waals surface area contributed by atoms with Crippen LogP contribution in [0.15, 0.2) is 22.7 Å². The van der Waals surface area contributed by atoms with Crippen LogP contribution in [0, 0.1) is 0 Å². The van der Waals surface area contributed by atoms with Crippen LogP contribution in [0.1, 0.15) is 24.8 Å². The van der Waals surface area contributed by atoms with Gasteiger partial charge >= 0.3 is 5.97 Å². The number of carbonyl (C=O) groups is 1. The van der Waals surface area contributed by atoms with Crippen molar-refractivity contribution in [3.05, 3.63) is 33.3 Å². The van der Waals surface area contributed by atoms with E-state index in [9.17, 15) is 9.90 Å². The van der Waals surface area contributed by atoms with Gasteiger partial charge in [-0.2, -0.15) is 0 Å². The second kappa shape index (κ2) is 3.80. The maximum absolute atomic E-state index is 11.3. The number of hydrogen-bond donors (Lipinski definition) is 1. The van der Waals surface area contributed by atoms with E-state index in [1.807, 2.05) is 12.1 Å². The van der Waals surface area contributed by atoms with Crippen molar-refractivity contribution in [2.75, 3.05) is 0 Å². The molecule has 1 aliphatic carbocycles. The molecule has 0 spiro atoms. The summed E-state index contributed by atoms with van der Waals surface area (Å²) < 4.78 is 0.870. The number of benzene rings is 1. The van der Waals surface area contributed by atoms with Crippen LogP contribution in [0.4, 0.5) is 0 Å². The van der Waals surface area contributed by atoms with E-state index in [1.54, 1.807) is 6.07 Å². The summed E-state index contributed by atoms with van der Waals surface area (Å²) in [7, 11) is 0. The molecule has 0 aliphatic heterocycles. The Labute approximate surface area is 101 Å². The predicted octanol–water partition coefficient (Wildman–Crippen LogP) is 3.61. The van der Waals surface area contributed by atoms with Crippen molar-refractivity contribution in [1.82, 2.24) is 0 Å². The third-order valence-corrected chi connectivity index (χ3v) is 3.88. The van der Waals surface area contributed by atoms with E-state index >= 15 is 0 Å². The Morgan fingerprint density at radius 1 is 1.47 bits per heavy atom. The number of carboxylic acid groups (broad SMARTS) is 1. The first kappa shape index (κ1) is 11.0. The lowest BCUT2D eigenvalue weighted by atomic mass is 9.64. The quantitative estimate of drug-likeness (QED) is 0.903. The van der Waals surface area contributed by atoms with Crippen LogP contribution in [0.5, 0.6) is 0 Å². The van der Waals surface area contributed by atoms with Crippen LogP contribution in [0.2, 0.25) is 5.02 Å². The highest BCUT2D eigenvalue weighted by molar-refractivity contribution is 9.10. The molecule has 0 radical (unpaired) electrons. The molecule has 1 aromatic carbocycles. The first-order valence-corrected chi connectivity index (χ1v) is 5.92. The SMILES string of the molecule is O=C(O)C1(c2cc(Br)ccc2Cl)CCC1. The minimum atomic E-state index is -0.770. The maximum Gasteiger partial charge on any atom is 0.314 e. The summed E-state index contributed by atoms with van der Waals surface area (Å²) in [5.41, 5.74) is -0.0155. The Morgan fingerprint density at radius 2 is 2.13 bits per heavy atom. The van der Waals surface area contributed by atoms with Gasteiger partial charge in [-0.05, 0) is 36.6 Å². The lowest BCUT2D eigenvalue weighted by Gasteiger charge is -2.38. The highest BCUT2D eigenvalue weighted by atomic mass is 79.9. The topological polar surface area (TPSA) is 37.3 Å². The molecule has 0 saturated heterocycles. The fraction of sp³-hybridized carbons (Fsp3) is 0.364. The molecule has 15 heavy (non-hydrogen) atoms. The summed E-state index contributed by atoms with van der Waals surface area (Å²) >= 11 is 9.39. The van der Waals surface area contributed by atoms with Crippen molar-refractivity contribution in [2.24, 2.45) is 0 Å². The molecular weight excluding hydrogens is 279 g/mol. The molecule has 0 amide bonds. The second-order valence-corrected chi connectivity index (χ2v) is 5.19. The van der Waals surface area contributed by atoms with Crippen molar-refractivity contribution >= 4 is 33.5 Å². The zero-order chi connectivity index (χ0) is 11.1. The van der Waals surface area contributed by atoms with Gasteiger partial charge in [-0.25, -0.2) is 0 Å². The monoisotopic (exact) mass is 288 g/mol. The minimum Gasteiger partial charge on any atom is -0.481 e. The number of halogens is 2. The largest absolute Gasteiger partial charge is 0.481 e. The van der Waals surface area contributed by atoms with Crippen molar-refractivity contribution in [1.29, 1.82) is 0 Å². The van der Waals surface area contributed by atoms with Crippen molar-refractivity contribution < 1.29 is 9.90 Å². The molecule has 1 aliphatic rings. The molecule has 0 unspecified atom stereocenters. The van der Waals surface area contributed by atoms with E-state index in [0.717, 1.165) is 16.5 Å². The third-order valence-electron chi connectivity index (χ3n) is 3.06. The molecule has 1 N–H and O–H groups in total. The molecule has 0 heterocycles. The van der Waals surface area contributed by atoms with E-state index in [2.05, 4.69) is 15.9 Å². The Kier molecular flexibility index (Phi) is 2.77. The van der Waals surface area contributed by atoms with E-state index < -0.39 is 11.4 Å². The third kappa shape index (κ3) is 1.68. The van der Waals surface area contributed by atoms with Crippen LogP contribution in [0.25, 0.3) is 0 Å². The molecule has 0 aromatic heterocycles. The first-order chi connectivity index (χ1) is 7.06. The Bertz CT molecular complexity index is 413. The van der Waals surface area contributed by atoms with E-state index in [0.29, 0.717) is 17.9 Å². The average molecular weight is 290 g/mol. The summed E-state index contributed by atoms with van der Waals surface area (Å²) in [5.74, 6) is -0.770. The zero-order valence-corrected chi connectivity index (χ0v) is 10.3. The van der Waals surface area contributed by atoms with Gasteiger partial charge in [0.15, 0.2) is 0 Å². The van der Waals surface area contributed by atoms with Gasteiger partial charge in [-0.1, -0.05) is 34.0 Å². The Hall–Kier alpha value is -0.540. The summed E-state index contributed by atoms with van der Waals surface area (Å²) in [4.78, 5) is 11.3. The van der Waals surface area contributed by atoms with Gasteiger partial charge in [-0.3, -0.25) is 4.79 Å². The highest BCUT2D eigenvalue weighted by Gasteiger charge is 2.47. The van der Waals surface area contributed by atoms with Gasteiger partial charge in [0, 0.05) is 9.50 Å². The summed E-state index contributed by atoms with van der Waals surface area (Å²) in [6, 6.07) is 5.37. The Morgan fingerprint density at radius 3 is 2.60 bits per heavy atom. The zero-order valence-electron chi connectivity index (χ0n) is 7.96. The second-order valence-electron chi connectivity index (χ2n) is 3.86. The van der Waals surface area contributed by atoms with Gasteiger partial charge in [0.2, 0.25) is 0 Å². The van der Waals surface area contributed by atoms with Crippen LogP contribution >= 0.6 is 27.5 Å². The van der Waals surface area contributed by atoms with Gasteiger partial charge in [0.05, 0.1) is 5.41 Å². The molecule has 0 atom stereocenters. The summed E-state index contributed by atoms with van der Waals surface area (Å²) in [5, 5.41) is 9.82. The number of hydrogen-bond acceptors (Lipinski definition) is 1. The van der Waals surface area contributed by atoms with Gasteiger partial charge in [-0.15, -0.1) is 0 Å². The average Bonchev–Trinajstić information content (AvgIpc) is 2.08. The molecule has 1 aromatic rings. The van der Waals surface area contributed by atoms with Gasteiger partial charge in [0.1, 0.15) is 0 Å². The number of carboxylic acids is 1. The van der Waals surface area contributed by atoms with Crippen molar-refractivity contribution in [3.8, 4) is 0 Å². The smallest absolute Gasteiger partial charge is 0.314 e. The molecule has 80 valence electrons. The predicted molar refractivity (Wildman–Crippen MR) is 62.3 cm³/mol. The van der Waals surface area contributed by atoms with Gasteiger partial charge in [0.25, 0.3) is 0 Å². The molecule has 1 fully saturated rings. The molecule has 2 nitrogen and oxygen atoms in total. The van der Waals surface area contributed by atoms with E-state index in [-0.39, 0.29) is 0 Å². The maximum atomic E-state index is 11.3. The summed E-state index contributed by atoms with van der Waals surface area (Å²) in [6.07, 6.45) is 2.31.